The van der Waals surface area contributed by atoms with Crippen LogP contribution >= 0.6 is 11.3 Å². The lowest BCUT2D eigenvalue weighted by molar-refractivity contribution is -0.117. The van der Waals surface area contributed by atoms with Crippen molar-refractivity contribution in [1.82, 2.24) is 4.90 Å². The van der Waals surface area contributed by atoms with Gasteiger partial charge in [-0.25, -0.2) is 0 Å². The van der Waals surface area contributed by atoms with E-state index >= 15 is 0 Å². The van der Waals surface area contributed by atoms with Crippen LogP contribution in [0.2, 0.25) is 0 Å². The molecule has 29 heavy (non-hydrogen) atoms. The van der Waals surface area contributed by atoms with Gasteiger partial charge < -0.3 is 15.1 Å². The topological polar surface area (TPSA) is 52.7 Å². The van der Waals surface area contributed by atoms with Gasteiger partial charge in [0.2, 0.25) is 5.91 Å². The predicted octanol–water partition coefficient (Wildman–Crippen LogP) is 5.24. The van der Waals surface area contributed by atoms with Gasteiger partial charge in [0.25, 0.3) is 5.91 Å². The van der Waals surface area contributed by atoms with E-state index in [4.69, 9.17) is 0 Å². The summed E-state index contributed by atoms with van der Waals surface area (Å²) in [7, 11) is 3.98. The molecule has 0 radical (unpaired) electrons. The highest BCUT2D eigenvalue weighted by Crippen LogP contribution is 2.27. The van der Waals surface area contributed by atoms with Crippen molar-refractivity contribution in [1.29, 1.82) is 0 Å². The monoisotopic (exact) mass is 415 g/mol. The SMILES string of the molecule is CCCN(Cc1cc(NC(=O)CC(C)(C)C)ccc1N(C)C)C(=O)c1cccs1. The van der Waals surface area contributed by atoms with Crippen LogP contribution in [0.5, 0.6) is 0 Å². The Morgan fingerprint density at radius 3 is 2.41 bits per heavy atom. The Kier molecular flexibility index (Phi) is 7.85. The first-order valence-electron chi connectivity index (χ1n) is 10.0. The van der Waals surface area contributed by atoms with E-state index in [0.29, 0.717) is 19.5 Å². The molecule has 0 aliphatic heterocycles. The van der Waals surface area contributed by atoms with E-state index in [1.807, 2.05) is 80.4 Å². The highest BCUT2D eigenvalue weighted by atomic mass is 32.1. The Hall–Kier alpha value is -2.34. The molecular formula is C23H33N3O2S. The number of nitrogens with one attached hydrogen (secondary N) is 1. The molecule has 2 rings (SSSR count). The van der Waals surface area contributed by atoms with Gasteiger partial charge in [-0.3, -0.25) is 9.59 Å². The molecule has 1 N–H and O–H groups in total. The molecule has 0 saturated heterocycles. The van der Waals surface area contributed by atoms with E-state index in [-0.39, 0.29) is 17.2 Å². The van der Waals surface area contributed by atoms with E-state index in [9.17, 15) is 9.59 Å². The van der Waals surface area contributed by atoms with Crippen molar-refractivity contribution in [2.75, 3.05) is 30.9 Å². The molecule has 0 atom stereocenters. The third-order valence-corrected chi connectivity index (χ3v) is 5.27. The third kappa shape index (κ3) is 6.89. The number of hydrogen-bond donors (Lipinski definition) is 1. The Bertz CT molecular complexity index is 823. The Labute approximate surface area is 178 Å². The molecule has 2 aromatic rings. The zero-order valence-corrected chi connectivity index (χ0v) is 19.2. The Balaban J connectivity index is 2.27. The third-order valence-electron chi connectivity index (χ3n) is 4.41. The number of carbonyl (C=O) groups is 2. The molecule has 0 saturated carbocycles. The zero-order valence-electron chi connectivity index (χ0n) is 18.4. The maximum absolute atomic E-state index is 13.0. The van der Waals surface area contributed by atoms with Gasteiger partial charge in [0.05, 0.1) is 4.88 Å². The standard InChI is InChI=1S/C23H33N3O2S/c1-7-12-26(22(28)20-9-8-13-29-20)16-17-14-18(10-11-19(17)25(5)6)24-21(27)15-23(2,3)4/h8-11,13-14H,7,12,15-16H2,1-6H3,(H,24,27). The van der Waals surface area contributed by atoms with Crippen LogP contribution < -0.4 is 10.2 Å². The maximum atomic E-state index is 13.0. The van der Waals surface area contributed by atoms with E-state index in [0.717, 1.165) is 28.2 Å². The Morgan fingerprint density at radius 1 is 1.14 bits per heavy atom. The summed E-state index contributed by atoms with van der Waals surface area (Å²) in [5.74, 6) is 0.0508. The first kappa shape index (κ1) is 22.9. The largest absolute Gasteiger partial charge is 0.377 e. The minimum absolute atomic E-state index is 0.00105. The van der Waals surface area contributed by atoms with Crippen molar-refractivity contribution in [2.24, 2.45) is 5.41 Å². The number of benzene rings is 1. The van der Waals surface area contributed by atoms with Crippen LogP contribution in [0.1, 0.15) is 55.8 Å². The van der Waals surface area contributed by atoms with Crippen molar-refractivity contribution >= 4 is 34.5 Å². The van der Waals surface area contributed by atoms with Gasteiger partial charge >= 0.3 is 0 Å². The number of anilines is 2. The molecule has 0 unspecified atom stereocenters. The normalized spacial score (nSPS) is 11.2. The molecule has 0 spiro atoms. The predicted molar refractivity (Wildman–Crippen MR) is 123 cm³/mol. The average Bonchev–Trinajstić information content (AvgIpc) is 3.13. The summed E-state index contributed by atoms with van der Waals surface area (Å²) in [4.78, 5) is 30.0. The molecule has 2 amide bonds. The molecule has 0 aliphatic carbocycles. The van der Waals surface area contributed by atoms with Crippen molar-refractivity contribution in [3.05, 3.63) is 46.2 Å². The van der Waals surface area contributed by atoms with Crippen molar-refractivity contribution in [3.8, 4) is 0 Å². The lowest BCUT2D eigenvalue weighted by atomic mass is 9.92. The van der Waals surface area contributed by atoms with Gasteiger partial charge in [-0.2, -0.15) is 0 Å². The average molecular weight is 416 g/mol. The number of nitrogens with zero attached hydrogens (tertiary/aromatic N) is 2. The molecule has 1 aromatic heterocycles. The van der Waals surface area contributed by atoms with E-state index in [1.165, 1.54) is 11.3 Å². The van der Waals surface area contributed by atoms with Gasteiger partial charge in [-0.05, 0) is 47.0 Å². The highest BCUT2D eigenvalue weighted by molar-refractivity contribution is 7.12. The van der Waals surface area contributed by atoms with Crippen molar-refractivity contribution in [2.45, 2.75) is 47.1 Å². The van der Waals surface area contributed by atoms with Crippen LogP contribution in [0.15, 0.2) is 35.7 Å². The summed E-state index contributed by atoms with van der Waals surface area (Å²) in [6.07, 6.45) is 1.34. The van der Waals surface area contributed by atoms with E-state index < -0.39 is 0 Å². The second kappa shape index (κ2) is 9.92. The lowest BCUT2D eigenvalue weighted by Crippen LogP contribution is -2.31. The minimum atomic E-state index is -0.0679. The summed E-state index contributed by atoms with van der Waals surface area (Å²) < 4.78 is 0. The summed E-state index contributed by atoms with van der Waals surface area (Å²) in [5, 5.41) is 4.93. The molecule has 0 bridgehead atoms. The fourth-order valence-corrected chi connectivity index (χ4v) is 3.89. The highest BCUT2D eigenvalue weighted by Gasteiger charge is 2.20. The van der Waals surface area contributed by atoms with Crippen LogP contribution in [-0.2, 0) is 11.3 Å². The number of carbonyl (C=O) groups excluding carboxylic acids is 2. The number of rotatable bonds is 8. The zero-order chi connectivity index (χ0) is 21.6. The van der Waals surface area contributed by atoms with E-state index in [1.54, 1.807) is 0 Å². The quantitative estimate of drug-likeness (QED) is 0.641. The minimum Gasteiger partial charge on any atom is -0.377 e. The van der Waals surface area contributed by atoms with Crippen LogP contribution in [0.25, 0.3) is 0 Å². The van der Waals surface area contributed by atoms with Gasteiger partial charge in [0, 0.05) is 45.0 Å². The van der Waals surface area contributed by atoms with Crippen molar-refractivity contribution < 1.29 is 9.59 Å². The first-order valence-corrected chi connectivity index (χ1v) is 10.9. The van der Waals surface area contributed by atoms with Gasteiger partial charge in [0.1, 0.15) is 0 Å². The summed E-state index contributed by atoms with van der Waals surface area (Å²) in [6.45, 7) is 9.40. The van der Waals surface area contributed by atoms with Gasteiger partial charge in [-0.1, -0.05) is 33.8 Å². The second-order valence-electron chi connectivity index (χ2n) is 8.73. The fourth-order valence-electron chi connectivity index (χ4n) is 3.20. The molecule has 0 aliphatic rings. The van der Waals surface area contributed by atoms with Crippen LogP contribution in [-0.4, -0.2) is 37.4 Å². The number of hydrogen-bond acceptors (Lipinski definition) is 4. The molecule has 1 heterocycles. The summed E-state index contributed by atoms with van der Waals surface area (Å²) >= 11 is 1.46. The summed E-state index contributed by atoms with van der Waals surface area (Å²) in [6, 6.07) is 9.68. The van der Waals surface area contributed by atoms with Crippen LogP contribution in [0.4, 0.5) is 11.4 Å². The number of amides is 2. The molecule has 1 aromatic carbocycles. The van der Waals surface area contributed by atoms with E-state index in [2.05, 4.69) is 12.2 Å². The van der Waals surface area contributed by atoms with Gasteiger partial charge in [0.15, 0.2) is 0 Å². The second-order valence-corrected chi connectivity index (χ2v) is 9.68. The fraction of sp³-hybridized carbons (Fsp3) is 0.478. The number of thiophene rings is 1. The maximum Gasteiger partial charge on any atom is 0.264 e. The van der Waals surface area contributed by atoms with Crippen molar-refractivity contribution in [3.63, 3.8) is 0 Å². The lowest BCUT2D eigenvalue weighted by Gasteiger charge is -2.26. The molecular weight excluding hydrogens is 382 g/mol. The molecule has 6 heteroatoms. The first-order chi connectivity index (χ1) is 13.6. The van der Waals surface area contributed by atoms with Crippen LogP contribution in [0.3, 0.4) is 0 Å². The summed E-state index contributed by atoms with van der Waals surface area (Å²) in [5.41, 5.74) is 2.75. The molecule has 0 fully saturated rings. The van der Waals surface area contributed by atoms with Gasteiger partial charge in [-0.15, -0.1) is 11.3 Å². The smallest absolute Gasteiger partial charge is 0.264 e. The Morgan fingerprint density at radius 2 is 1.86 bits per heavy atom. The molecule has 158 valence electrons. The molecule has 5 nitrogen and oxygen atoms in total. The van der Waals surface area contributed by atoms with Crippen LogP contribution in [0, 0.1) is 5.41 Å².